The second-order valence-electron chi connectivity index (χ2n) is 3.21. The first kappa shape index (κ1) is 9.29. The number of hydrogen-bond acceptors (Lipinski definition) is 3. The van der Waals surface area contributed by atoms with Gasteiger partial charge in [0, 0.05) is 12.1 Å². The van der Waals surface area contributed by atoms with Crippen molar-refractivity contribution < 1.29 is 8.42 Å². The topological polar surface area (TPSA) is 46.2 Å². The molecule has 2 aliphatic rings. The minimum absolute atomic E-state index is 0. The molecule has 2 bridgehead atoms. The first-order chi connectivity index (χ1) is 4.66. The van der Waals surface area contributed by atoms with Crippen LogP contribution >= 0.6 is 12.4 Å². The molecule has 0 saturated carbocycles. The predicted octanol–water partition coefficient (Wildman–Crippen LogP) is -0.0428. The van der Waals surface area contributed by atoms with E-state index >= 15 is 0 Å². The fourth-order valence-corrected chi connectivity index (χ4v) is 3.73. The van der Waals surface area contributed by atoms with Gasteiger partial charge in [-0.05, 0) is 12.8 Å². The van der Waals surface area contributed by atoms with E-state index in [1.54, 1.807) is 0 Å². The van der Waals surface area contributed by atoms with Crippen LogP contribution < -0.4 is 5.32 Å². The molecular formula is C6H12ClNO2S. The van der Waals surface area contributed by atoms with Gasteiger partial charge in [-0.1, -0.05) is 0 Å². The zero-order chi connectivity index (χ0) is 7.19. The van der Waals surface area contributed by atoms with Crippen LogP contribution in [0.2, 0.25) is 0 Å². The first-order valence-electron chi connectivity index (χ1n) is 3.62. The molecule has 0 spiro atoms. The van der Waals surface area contributed by atoms with Gasteiger partial charge in [0.25, 0.3) is 0 Å². The summed E-state index contributed by atoms with van der Waals surface area (Å²) in [6.45, 7) is 0. The van der Waals surface area contributed by atoms with Gasteiger partial charge in [-0.3, -0.25) is 0 Å². The quantitative estimate of drug-likeness (QED) is 0.593. The van der Waals surface area contributed by atoms with Crippen LogP contribution in [0, 0.1) is 0 Å². The van der Waals surface area contributed by atoms with Crippen LogP contribution in [0.1, 0.15) is 12.8 Å². The summed E-state index contributed by atoms with van der Waals surface area (Å²) < 4.78 is 22.1. The van der Waals surface area contributed by atoms with E-state index < -0.39 is 9.84 Å². The van der Waals surface area contributed by atoms with E-state index in [0.29, 0.717) is 11.5 Å². The minimum atomic E-state index is -2.68. The van der Waals surface area contributed by atoms with Crippen LogP contribution in [0.4, 0.5) is 0 Å². The van der Waals surface area contributed by atoms with E-state index in [4.69, 9.17) is 0 Å². The lowest BCUT2D eigenvalue weighted by Gasteiger charge is -2.20. The van der Waals surface area contributed by atoms with Gasteiger partial charge >= 0.3 is 0 Å². The van der Waals surface area contributed by atoms with Gasteiger partial charge in [0.15, 0.2) is 9.84 Å². The molecule has 1 N–H and O–H groups in total. The van der Waals surface area contributed by atoms with Crippen LogP contribution in [-0.4, -0.2) is 32.0 Å². The van der Waals surface area contributed by atoms with E-state index in [0.717, 1.165) is 12.8 Å². The largest absolute Gasteiger partial charge is 0.309 e. The zero-order valence-electron chi connectivity index (χ0n) is 6.12. The minimum Gasteiger partial charge on any atom is -0.309 e. The Morgan fingerprint density at radius 1 is 1.09 bits per heavy atom. The summed E-state index contributed by atoms with van der Waals surface area (Å²) in [7, 11) is -2.68. The van der Waals surface area contributed by atoms with Crippen molar-refractivity contribution in [1.29, 1.82) is 0 Å². The number of nitrogens with one attached hydrogen (secondary N) is 1. The summed E-state index contributed by atoms with van der Waals surface area (Å²) in [5.74, 6) is 0.729. The zero-order valence-corrected chi connectivity index (χ0v) is 7.75. The molecule has 0 radical (unpaired) electrons. The summed E-state index contributed by atoms with van der Waals surface area (Å²) in [5, 5.41) is 3.27. The molecule has 2 unspecified atom stereocenters. The molecule has 3 nitrogen and oxygen atoms in total. The summed E-state index contributed by atoms with van der Waals surface area (Å²) in [6, 6.07) is 0.535. The van der Waals surface area contributed by atoms with E-state index in [1.807, 2.05) is 0 Å². The Morgan fingerprint density at radius 3 is 2.00 bits per heavy atom. The lowest BCUT2D eigenvalue weighted by molar-refractivity contribution is 0.528. The van der Waals surface area contributed by atoms with Gasteiger partial charge in [-0.15, -0.1) is 12.4 Å². The highest BCUT2D eigenvalue weighted by Crippen LogP contribution is 2.21. The highest BCUT2D eigenvalue weighted by molar-refractivity contribution is 7.91. The molecule has 0 aromatic rings. The molecule has 2 heterocycles. The molecule has 0 aliphatic carbocycles. The molecule has 2 atom stereocenters. The number of fused-ring (bicyclic) bond motifs is 2. The van der Waals surface area contributed by atoms with Crippen molar-refractivity contribution in [2.24, 2.45) is 0 Å². The molecule has 0 amide bonds. The van der Waals surface area contributed by atoms with E-state index in [1.165, 1.54) is 0 Å². The fraction of sp³-hybridized carbons (Fsp3) is 1.00. The Kier molecular flexibility index (Phi) is 2.46. The van der Waals surface area contributed by atoms with Crippen LogP contribution in [0.25, 0.3) is 0 Å². The van der Waals surface area contributed by atoms with Crippen LogP contribution in [0.5, 0.6) is 0 Å². The Balaban J connectivity index is 0.000000605. The van der Waals surface area contributed by atoms with Gasteiger partial charge in [-0.25, -0.2) is 8.42 Å². The molecule has 2 saturated heterocycles. The van der Waals surface area contributed by atoms with Crippen LogP contribution in [0.15, 0.2) is 0 Å². The number of rotatable bonds is 0. The molecule has 0 aromatic carbocycles. The summed E-state index contributed by atoms with van der Waals surface area (Å²) in [5.41, 5.74) is 0. The van der Waals surface area contributed by atoms with Crippen LogP contribution in [-0.2, 0) is 9.84 Å². The number of halogens is 1. The maximum absolute atomic E-state index is 11.1. The lowest BCUT2D eigenvalue weighted by atomic mass is 10.2. The van der Waals surface area contributed by atoms with Gasteiger partial charge in [0.2, 0.25) is 0 Å². The van der Waals surface area contributed by atoms with Crippen molar-refractivity contribution in [3.63, 3.8) is 0 Å². The summed E-state index contributed by atoms with van der Waals surface area (Å²) >= 11 is 0. The third-order valence-corrected chi connectivity index (χ3v) is 4.07. The Labute approximate surface area is 72.9 Å². The fourth-order valence-electron chi connectivity index (χ4n) is 1.85. The van der Waals surface area contributed by atoms with Crippen molar-refractivity contribution in [2.45, 2.75) is 24.9 Å². The number of hydrogen-bond donors (Lipinski definition) is 1. The summed E-state index contributed by atoms with van der Waals surface area (Å²) in [4.78, 5) is 0. The normalized spacial score (nSPS) is 39.6. The van der Waals surface area contributed by atoms with E-state index in [-0.39, 0.29) is 24.5 Å². The Morgan fingerprint density at radius 2 is 1.55 bits per heavy atom. The van der Waals surface area contributed by atoms with Gasteiger partial charge < -0.3 is 5.32 Å². The van der Waals surface area contributed by atoms with Gasteiger partial charge in [0.1, 0.15) is 0 Å². The summed E-state index contributed by atoms with van der Waals surface area (Å²) in [6.07, 6.45) is 2.09. The molecule has 2 aliphatic heterocycles. The second kappa shape index (κ2) is 2.92. The SMILES string of the molecule is Cl.O=S1(=O)CC2CCC(C1)N2. The number of sulfone groups is 1. The van der Waals surface area contributed by atoms with E-state index in [2.05, 4.69) is 5.32 Å². The van der Waals surface area contributed by atoms with Crippen molar-refractivity contribution in [3.05, 3.63) is 0 Å². The van der Waals surface area contributed by atoms with Crippen molar-refractivity contribution in [3.8, 4) is 0 Å². The third kappa shape index (κ3) is 1.86. The Bertz CT molecular complexity index is 221. The maximum atomic E-state index is 11.1. The van der Waals surface area contributed by atoms with Crippen molar-refractivity contribution in [2.75, 3.05) is 11.5 Å². The van der Waals surface area contributed by atoms with E-state index in [9.17, 15) is 8.42 Å². The van der Waals surface area contributed by atoms with Gasteiger partial charge in [-0.2, -0.15) is 0 Å². The highest BCUT2D eigenvalue weighted by atomic mass is 35.5. The van der Waals surface area contributed by atoms with Crippen molar-refractivity contribution >= 4 is 22.2 Å². The average Bonchev–Trinajstić information content (AvgIpc) is 2.08. The maximum Gasteiger partial charge on any atom is 0.153 e. The average molecular weight is 198 g/mol. The monoisotopic (exact) mass is 197 g/mol. The smallest absolute Gasteiger partial charge is 0.153 e. The molecule has 11 heavy (non-hydrogen) atoms. The molecular weight excluding hydrogens is 186 g/mol. The first-order valence-corrected chi connectivity index (χ1v) is 5.44. The molecule has 66 valence electrons. The highest BCUT2D eigenvalue weighted by Gasteiger charge is 2.35. The molecule has 2 rings (SSSR count). The molecule has 0 aromatic heterocycles. The third-order valence-electron chi connectivity index (χ3n) is 2.25. The standard InChI is InChI=1S/C6H11NO2S.ClH/c8-10(9)3-5-1-2-6(4-10)7-5;/h5-7H,1-4H2;1H. The lowest BCUT2D eigenvalue weighted by Crippen LogP contribution is -2.45. The van der Waals surface area contributed by atoms with Crippen molar-refractivity contribution in [1.82, 2.24) is 5.32 Å². The second-order valence-corrected chi connectivity index (χ2v) is 5.37. The Hall–Kier alpha value is 0.200. The molecule has 2 fully saturated rings. The van der Waals surface area contributed by atoms with Crippen LogP contribution in [0.3, 0.4) is 0 Å². The molecule has 5 heteroatoms. The van der Waals surface area contributed by atoms with Gasteiger partial charge in [0.05, 0.1) is 11.5 Å². The predicted molar refractivity (Wildman–Crippen MR) is 45.8 cm³/mol.